The van der Waals surface area contributed by atoms with Gasteiger partial charge in [-0.2, -0.15) is 0 Å². The Balaban J connectivity index is 0.702. The van der Waals surface area contributed by atoms with Gasteiger partial charge in [0.1, 0.15) is 5.54 Å². The number of hydrogen-bond donors (Lipinski definition) is 4. The molecule has 28 heteroatoms. The van der Waals surface area contributed by atoms with Gasteiger partial charge in [-0.15, -0.1) is 5.06 Å². The van der Waals surface area contributed by atoms with E-state index in [1.165, 1.54) is 9.91 Å². The molecule has 452 valence electrons. The van der Waals surface area contributed by atoms with Crippen LogP contribution in [0.4, 0.5) is 15.3 Å². The molecule has 7 amide bonds. The standard InChI is InChI=1S/C52H84N8O20/c53-45(42-2-1-3-43(40-42)55-50(65)57-11-9-52(10-12-57)49(64)59(51(66)56-52)44-6-14-67-15-7-44)41-58(54)13-17-69-19-21-71-23-25-73-27-29-75-31-33-77-35-37-79-39-38-78-36-34-76-32-30-74-28-26-72-24-22-70-20-18-68-16-8-48(63)80-60-46(61)4-5-47(60)62/h1-3,40-41,44H,4-39,53-54H2,(H,55,65)(H,56,66)/b45-41-. The fraction of sp³-hybridized carbons (Fsp3) is 0.731. The zero-order chi connectivity index (χ0) is 56.9. The summed E-state index contributed by atoms with van der Waals surface area (Å²) in [5.41, 5.74) is 6.98. The number of hydrazine groups is 1. The number of carbonyl (C=O) groups excluding carboxylic acids is 6. The summed E-state index contributed by atoms with van der Waals surface area (Å²) in [6.07, 6.45) is 3.53. The molecule has 0 saturated carbocycles. The van der Waals surface area contributed by atoms with E-state index in [0.29, 0.717) is 226 Å². The Hall–Kier alpha value is -5.18. The highest BCUT2D eigenvalue weighted by Gasteiger charge is 2.54. The summed E-state index contributed by atoms with van der Waals surface area (Å²) in [6, 6.07) is 6.28. The Labute approximate surface area is 467 Å². The van der Waals surface area contributed by atoms with E-state index in [-0.39, 0.29) is 56.5 Å². The molecule has 0 unspecified atom stereocenters. The monoisotopic (exact) mass is 1140 g/mol. The zero-order valence-corrected chi connectivity index (χ0v) is 46.0. The maximum absolute atomic E-state index is 13.4. The lowest BCUT2D eigenvalue weighted by Gasteiger charge is -2.37. The average molecular weight is 1140 g/mol. The number of nitrogens with two attached hydrogens (primary N) is 2. The molecule has 4 saturated heterocycles. The van der Waals surface area contributed by atoms with Crippen molar-refractivity contribution in [1.82, 2.24) is 25.2 Å². The maximum atomic E-state index is 13.4. The Kier molecular flexibility index (Phi) is 32.2. The number of benzene rings is 1. The lowest BCUT2D eigenvalue weighted by Crippen LogP contribution is -2.56. The SMILES string of the molecule is N/C(=C\N(N)CCOCCOCCOCCOCCOCCOCCOCCOCCOCCOCCOCCOCCC(=O)ON1C(=O)CCC1=O)c1cccc(NC(=O)N2CCC3(CC2)NC(=O)N(C2CCOCC2)C3=O)c1. The van der Waals surface area contributed by atoms with E-state index in [0.717, 1.165) is 0 Å². The number of nitrogens with one attached hydrogen (secondary N) is 2. The quantitative estimate of drug-likeness (QED) is 0.0226. The lowest BCUT2D eigenvalue weighted by atomic mass is 9.87. The molecule has 4 aliphatic rings. The first-order valence-corrected chi connectivity index (χ1v) is 27.4. The van der Waals surface area contributed by atoms with E-state index < -0.39 is 23.3 Å². The highest BCUT2D eigenvalue weighted by molar-refractivity contribution is 6.07. The van der Waals surface area contributed by atoms with E-state index >= 15 is 0 Å². The number of anilines is 1. The number of carbonyl (C=O) groups is 6. The third kappa shape index (κ3) is 25.3. The minimum absolute atomic E-state index is 0.0488. The van der Waals surface area contributed by atoms with Crippen molar-refractivity contribution in [2.24, 2.45) is 11.6 Å². The molecule has 1 spiro atoms. The summed E-state index contributed by atoms with van der Waals surface area (Å²) in [4.78, 5) is 81.8. The molecule has 0 aliphatic carbocycles. The van der Waals surface area contributed by atoms with Crippen molar-refractivity contribution in [2.45, 2.75) is 56.5 Å². The van der Waals surface area contributed by atoms with Crippen LogP contribution in [0.2, 0.25) is 0 Å². The van der Waals surface area contributed by atoms with Gasteiger partial charge in [0.25, 0.3) is 17.7 Å². The van der Waals surface area contributed by atoms with Crippen LogP contribution in [-0.4, -0.2) is 259 Å². The number of hydrogen-bond acceptors (Lipinski definition) is 23. The van der Waals surface area contributed by atoms with Gasteiger partial charge in [-0.3, -0.25) is 19.3 Å². The second-order valence-corrected chi connectivity index (χ2v) is 18.5. The molecule has 0 aromatic heterocycles. The Bertz CT molecular complexity index is 2000. The van der Waals surface area contributed by atoms with Gasteiger partial charge in [0.15, 0.2) is 0 Å². The van der Waals surface area contributed by atoms with Crippen molar-refractivity contribution < 1.29 is 95.2 Å². The first kappa shape index (κ1) is 65.6. The average Bonchev–Trinajstić information content (AvgIpc) is 3.90. The van der Waals surface area contributed by atoms with Crippen LogP contribution in [0.1, 0.15) is 50.5 Å². The molecule has 5 rings (SSSR count). The second-order valence-electron chi connectivity index (χ2n) is 18.5. The maximum Gasteiger partial charge on any atom is 0.335 e. The van der Waals surface area contributed by atoms with Crippen LogP contribution < -0.4 is 22.2 Å². The Morgan fingerprint density at radius 1 is 0.637 bits per heavy atom. The van der Waals surface area contributed by atoms with E-state index in [2.05, 4.69) is 10.6 Å². The van der Waals surface area contributed by atoms with Crippen molar-refractivity contribution in [3.05, 3.63) is 36.0 Å². The zero-order valence-electron chi connectivity index (χ0n) is 46.0. The number of amides is 7. The van der Waals surface area contributed by atoms with Crippen molar-refractivity contribution in [3.8, 4) is 0 Å². The third-order valence-corrected chi connectivity index (χ3v) is 12.6. The highest BCUT2D eigenvalue weighted by atomic mass is 16.7. The smallest absolute Gasteiger partial charge is 0.335 e. The van der Waals surface area contributed by atoms with Crippen molar-refractivity contribution in [3.63, 3.8) is 0 Å². The number of imide groups is 2. The number of nitrogens with zero attached hydrogens (tertiary/aromatic N) is 4. The summed E-state index contributed by atoms with van der Waals surface area (Å²) < 4.78 is 71.3. The molecule has 28 nitrogen and oxygen atoms in total. The normalized spacial score (nSPS) is 16.8. The van der Waals surface area contributed by atoms with Gasteiger partial charge in [-0.1, -0.05) is 12.1 Å². The molecule has 4 aliphatic heterocycles. The molecule has 4 heterocycles. The number of hydroxylamine groups is 2. The van der Waals surface area contributed by atoms with E-state index in [9.17, 15) is 28.8 Å². The van der Waals surface area contributed by atoms with E-state index in [4.69, 9.17) is 78.0 Å². The summed E-state index contributed by atoms with van der Waals surface area (Å²) in [5, 5.41) is 7.80. The van der Waals surface area contributed by atoms with Crippen molar-refractivity contribution in [1.29, 1.82) is 0 Å². The van der Waals surface area contributed by atoms with Gasteiger partial charge < -0.3 is 92.7 Å². The molecular weight excluding hydrogens is 1060 g/mol. The number of ether oxygens (including phenoxy) is 13. The van der Waals surface area contributed by atoms with Crippen LogP contribution in [-0.2, 0) is 85.6 Å². The molecule has 1 aromatic rings. The third-order valence-electron chi connectivity index (χ3n) is 12.6. The van der Waals surface area contributed by atoms with Crippen LogP contribution in [0.3, 0.4) is 0 Å². The summed E-state index contributed by atoms with van der Waals surface area (Å²) in [6.45, 7) is 11.7. The lowest BCUT2D eigenvalue weighted by molar-refractivity contribution is -0.198. The molecule has 80 heavy (non-hydrogen) atoms. The van der Waals surface area contributed by atoms with Gasteiger partial charge in [-0.25, -0.2) is 20.2 Å². The first-order valence-electron chi connectivity index (χ1n) is 27.4. The minimum Gasteiger partial charge on any atom is -0.397 e. The van der Waals surface area contributed by atoms with Gasteiger partial charge >= 0.3 is 18.0 Å². The molecule has 0 bridgehead atoms. The Morgan fingerprint density at radius 2 is 1.06 bits per heavy atom. The fourth-order valence-corrected chi connectivity index (χ4v) is 8.30. The van der Waals surface area contributed by atoms with Gasteiger partial charge in [0.2, 0.25) is 0 Å². The predicted molar refractivity (Wildman–Crippen MR) is 283 cm³/mol. The number of likely N-dealkylation sites (tertiary alicyclic amines) is 1. The number of urea groups is 2. The molecule has 6 N–H and O–H groups in total. The van der Waals surface area contributed by atoms with Crippen LogP contribution >= 0.6 is 0 Å². The van der Waals surface area contributed by atoms with Crippen LogP contribution in [0.5, 0.6) is 0 Å². The van der Waals surface area contributed by atoms with Crippen molar-refractivity contribution in [2.75, 3.05) is 197 Å². The topological polar surface area (TPSA) is 321 Å². The van der Waals surface area contributed by atoms with Crippen LogP contribution in [0, 0.1) is 0 Å². The minimum atomic E-state index is -0.985. The number of piperidine rings is 1. The largest absolute Gasteiger partial charge is 0.397 e. The molecule has 0 atom stereocenters. The van der Waals surface area contributed by atoms with Gasteiger partial charge in [-0.05, 0) is 37.8 Å². The Morgan fingerprint density at radius 3 is 1.51 bits per heavy atom. The molecule has 4 fully saturated rings. The fourth-order valence-electron chi connectivity index (χ4n) is 8.30. The predicted octanol–water partition coefficient (Wildman–Crippen LogP) is 0.413. The van der Waals surface area contributed by atoms with Crippen LogP contribution in [0.15, 0.2) is 30.5 Å². The highest BCUT2D eigenvalue weighted by Crippen LogP contribution is 2.33. The second kappa shape index (κ2) is 39.3. The van der Waals surface area contributed by atoms with E-state index in [1.807, 2.05) is 6.07 Å². The van der Waals surface area contributed by atoms with Crippen molar-refractivity contribution >= 4 is 47.1 Å². The number of rotatable bonds is 44. The van der Waals surface area contributed by atoms with E-state index in [1.54, 1.807) is 29.3 Å². The first-order chi connectivity index (χ1) is 39.1. The molecule has 1 aromatic carbocycles. The summed E-state index contributed by atoms with van der Waals surface area (Å²) in [5.74, 6) is 4.19. The molecular formula is C52H84N8O20. The summed E-state index contributed by atoms with van der Waals surface area (Å²) in [7, 11) is 0. The molecule has 0 radical (unpaired) electrons. The van der Waals surface area contributed by atoms with Crippen LogP contribution in [0.25, 0.3) is 5.70 Å². The summed E-state index contributed by atoms with van der Waals surface area (Å²) >= 11 is 0. The van der Waals surface area contributed by atoms with Gasteiger partial charge in [0.05, 0.1) is 177 Å². The van der Waals surface area contributed by atoms with Gasteiger partial charge in [0, 0.05) is 62.6 Å².